The zero-order chi connectivity index (χ0) is 27.0. The molecule has 0 aliphatic heterocycles. The second-order valence-corrected chi connectivity index (χ2v) is 7.43. The van der Waals surface area contributed by atoms with Crippen LogP contribution in [-0.2, 0) is 18.9 Å². The van der Waals surface area contributed by atoms with E-state index in [1.165, 1.54) is 0 Å². The molecule has 38 heavy (non-hydrogen) atoms. The molecule has 0 spiro atoms. The fourth-order valence-corrected chi connectivity index (χ4v) is 2.90. The van der Waals surface area contributed by atoms with Crippen molar-refractivity contribution in [3.63, 3.8) is 0 Å². The van der Waals surface area contributed by atoms with Crippen molar-refractivity contribution in [3.8, 4) is 0 Å². The molecule has 0 aromatic heterocycles. The van der Waals surface area contributed by atoms with Gasteiger partial charge in [0.15, 0.2) is 0 Å². The number of ether oxygens (including phenoxy) is 4. The van der Waals surface area contributed by atoms with Crippen molar-refractivity contribution in [1.29, 1.82) is 0 Å². The molecule has 0 bridgehead atoms. The quantitative estimate of drug-likeness (QED) is 0.231. The van der Waals surface area contributed by atoms with Gasteiger partial charge in [-0.15, -0.1) is 0 Å². The Balaban J connectivity index is 0.000000211. The van der Waals surface area contributed by atoms with Crippen LogP contribution in [0.25, 0.3) is 0 Å². The van der Waals surface area contributed by atoms with Gasteiger partial charge in [-0.3, -0.25) is 0 Å². The Morgan fingerprint density at radius 3 is 0.711 bits per heavy atom. The molecule has 0 radical (unpaired) electrons. The summed E-state index contributed by atoms with van der Waals surface area (Å²) in [6.07, 6.45) is 0. The average Bonchev–Trinajstić information content (AvgIpc) is 2.99. The zero-order valence-electron chi connectivity index (χ0n) is 20.2. The third-order valence-corrected chi connectivity index (χ3v) is 4.80. The Bertz CT molecular complexity index is 1100. The van der Waals surface area contributed by atoms with Crippen molar-refractivity contribution in [1.82, 2.24) is 0 Å². The number of hydrogen-bond acceptors (Lipinski definition) is 8. The molecule has 8 nitrogen and oxygen atoms in total. The lowest BCUT2D eigenvalue weighted by molar-refractivity contribution is -0.0183. The van der Waals surface area contributed by atoms with Gasteiger partial charge in [-0.2, -0.15) is 0 Å². The van der Waals surface area contributed by atoms with Crippen LogP contribution in [0.4, 0.5) is 0 Å². The van der Waals surface area contributed by atoms with E-state index in [1.807, 2.05) is 0 Å². The fourth-order valence-electron chi connectivity index (χ4n) is 2.90. The molecule has 8 heteroatoms. The maximum atomic E-state index is 11.5. The minimum atomic E-state index is -0.526. The summed E-state index contributed by atoms with van der Waals surface area (Å²) in [5.41, 5.74) is 1.66. The van der Waals surface area contributed by atoms with E-state index in [0.717, 1.165) is 0 Å². The van der Waals surface area contributed by atoms with Gasteiger partial charge in [0.05, 0.1) is 22.3 Å². The number of carbonyl (C=O) groups is 4. The van der Waals surface area contributed by atoms with Crippen LogP contribution in [0.5, 0.6) is 0 Å². The summed E-state index contributed by atoms with van der Waals surface area (Å²) in [4.78, 5) is 46.2. The van der Waals surface area contributed by atoms with Crippen molar-refractivity contribution < 1.29 is 38.1 Å². The molecule has 4 aromatic carbocycles. The van der Waals surface area contributed by atoms with E-state index < -0.39 is 37.5 Å². The molecule has 0 N–H and O–H groups in total. The normalized spacial score (nSPS) is 9.68. The summed E-state index contributed by atoms with van der Waals surface area (Å²) in [5, 5.41) is 0. The van der Waals surface area contributed by atoms with Crippen molar-refractivity contribution in [2.75, 3.05) is 13.6 Å². The maximum Gasteiger partial charge on any atom is 0.340 e. The van der Waals surface area contributed by atoms with Crippen molar-refractivity contribution in [2.24, 2.45) is 0 Å². The SMILES string of the molecule is O=C(OCOC(=O)c1ccccc1)c1ccccc1.O=C(OCOC(=O)c1ccccc1)c1ccccc1. The summed E-state index contributed by atoms with van der Waals surface area (Å²) in [7, 11) is 0. The number of hydrogen-bond donors (Lipinski definition) is 0. The van der Waals surface area contributed by atoms with E-state index in [4.69, 9.17) is 18.9 Å². The highest BCUT2D eigenvalue weighted by atomic mass is 16.7. The van der Waals surface area contributed by atoms with Gasteiger partial charge in [-0.1, -0.05) is 72.8 Å². The first-order valence-corrected chi connectivity index (χ1v) is 11.4. The smallest absolute Gasteiger partial charge is 0.340 e. The van der Waals surface area contributed by atoms with Gasteiger partial charge in [-0.05, 0) is 48.5 Å². The van der Waals surface area contributed by atoms with Crippen LogP contribution in [0.15, 0.2) is 121 Å². The lowest BCUT2D eigenvalue weighted by Crippen LogP contribution is -2.13. The van der Waals surface area contributed by atoms with Crippen LogP contribution in [0.3, 0.4) is 0 Å². The second kappa shape index (κ2) is 15.0. The van der Waals surface area contributed by atoms with Crippen LogP contribution in [-0.4, -0.2) is 37.5 Å². The topological polar surface area (TPSA) is 105 Å². The summed E-state index contributed by atoms with van der Waals surface area (Å²) in [5.74, 6) is -2.11. The molecule has 0 saturated carbocycles. The Morgan fingerprint density at radius 1 is 0.342 bits per heavy atom. The van der Waals surface area contributed by atoms with Gasteiger partial charge < -0.3 is 18.9 Å². The first kappa shape index (κ1) is 27.3. The Labute approximate surface area is 219 Å². The van der Waals surface area contributed by atoms with E-state index in [1.54, 1.807) is 121 Å². The molecule has 4 rings (SSSR count). The zero-order valence-corrected chi connectivity index (χ0v) is 20.2. The van der Waals surface area contributed by atoms with Gasteiger partial charge in [0.25, 0.3) is 0 Å². The highest BCUT2D eigenvalue weighted by Crippen LogP contribution is 2.05. The maximum absolute atomic E-state index is 11.5. The molecule has 0 aliphatic rings. The van der Waals surface area contributed by atoms with Gasteiger partial charge in [0.2, 0.25) is 13.6 Å². The second-order valence-electron chi connectivity index (χ2n) is 7.43. The Kier molecular flexibility index (Phi) is 10.8. The van der Waals surface area contributed by atoms with Crippen molar-refractivity contribution >= 4 is 23.9 Å². The minimum absolute atomic E-state index is 0.401. The van der Waals surface area contributed by atoms with Crippen LogP contribution >= 0.6 is 0 Å². The number of esters is 4. The monoisotopic (exact) mass is 512 g/mol. The summed E-state index contributed by atoms with van der Waals surface area (Å²) >= 11 is 0. The standard InChI is InChI=1S/2C15H12O4/c2*16-14(12-7-3-1-4-8-12)18-11-19-15(17)13-9-5-2-6-10-13/h2*1-10H,11H2. The predicted molar refractivity (Wildman–Crippen MR) is 137 cm³/mol. The van der Waals surface area contributed by atoms with E-state index >= 15 is 0 Å². The average molecular weight is 513 g/mol. The van der Waals surface area contributed by atoms with Gasteiger partial charge >= 0.3 is 23.9 Å². The van der Waals surface area contributed by atoms with Gasteiger partial charge in [0.1, 0.15) is 0 Å². The fraction of sp³-hybridized carbons (Fsp3) is 0.0667. The number of rotatable bonds is 8. The summed E-state index contributed by atoms with van der Waals surface area (Å²) in [6.45, 7) is -0.803. The van der Waals surface area contributed by atoms with Crippen LogP contribution in [0, 0.1) is 0 Å². The molecule has 192 valence electrons. The molecule has 0 fully saturated rings. The number of benzene rings is 4. The first-order valence-electron chi connectivity index (χ1n) is 11.4. The van der Waals surface area contributed by atoms with E-state index in [2.05, 4.69) is 0 Å². The third kappa shape index (κ3) is 9.09. The molecular formula is C30H24O8. The Morgan fingerprint density at radius 2 is 0.526 bits per heavy atom. The van der Waals surface area contributed by atoms with Gasteiger partial charge in [-0.25, -0.2) is 19.2 Å². The lowest BCUT2D eigenvalue weighted by Gasteiger charge is -2.06. The molecular weight excluding hydrogens is 488 g/mol. The predicted octanol–water partition coefficient (Wildman–Crippen LogP) is 5.32. The van der Waals surface area contributed by atoms with Crippen LogP contribution < -0.4 is 0 Å². The summed E-state index contributed by atoms with van der Waals surface area (Å²) < 4.78 is 19.4. The molecule has 0 aliphatic carbocycles. The van der Waals surface area contributed by atoms with E-state index in [-0.39, 0.29) is 0 Å². The molecule has 0 atom stereocenters. The van der Waals surface area contributed by atoms with Crippen LogP contribution in [0.1, 0.15) is 41.4 Å². The van der Waals surface area contributed by atoms with E-state index in [0.29, 0.717) is 22.3 Å². The Hall–Kier alpha value is -5.24. The molecule has 0 unspecified atom stereocenters. The highest BCUT2D eigenvalue weighted by molar-refractivity contribution is 5.91. The largest absolute Gasteiger partial charge is 0.424 e. The molecule has 4 aromatic rings. The highest BCUT2D eigenvalue weighted by Gasteiger charge is 2.10. The molecule has 0 heterocycles. The molecule has 0 amide bonds. The third-order valence-electron chi connectivity index (χ3n) is 4.80. The van der Waals surface area contributed by atoms with E-state index in [9.17, 15) is 19.2 Å². The first-order chi connectivity index (χ1) is 18.5. The number of carbonyl (C=O) groups excluding carboxylic acids is 4. The van der Waals surface area contributed by atoms with Gasteiger partial charge in [0, 0.05) is 0 Å². The lowest BCUT2D eigenvalue weighted by atomic mass is 10.2. The van der Waals surface area contributed by atoms with Crippen LogP contribution in [0.2, 0.25) is 0 Å². The van der Waals surface area contributed by atoms with Crippen molar-refractivity contribution in [2.45, 2.75) is 0 Å². The molecule has 0 saturated heterocycles. The minimum Gasteiger partial charge on any atom is -0.424 e. The summed E-state index contributed by atoms with van der Waals surface area (Å²) in [6, 6.07) is 34.0. The van der Waals surface area contributed by atoms with Crippen molar-refractivity contribution in [3.05, 3.63) is 144 Å².